The second kappa shape index (κ2) is 6.45. The summed E-state index contributed by atoms with van der Waals surface area (Å²) in [5.74, 6) is 0. The molecule has 1 aromatic heterocycles. The summed E-state index contributed by atoms with van der Waals surface area (Å²) in [4.78, 5) is 10.1. The van der Waals surface area contributed by atoms with E-state index in [0.29, 0.717) is 0 Å². The summed E-state index contributed by atoms with van der Waals surface area (Å²) in [5, 5.41) is 2.02. The van der Waals surface area contributed by atoms with Gasteiger partial charge < -0.3 is 0 Å². The first-order valence-electron chi connectivity index (χ1n) is 9.89. The van der Waals surface area contributed by atoms with E-state index in [0.717, 1.165) is 28.2 Å². The van der Waals surface area contributed by atoms with Crippen LogP contribution in [0.3, 0.4) is 0 Å². The van der Waals surface area contributed by atoms with Gasteiger partial charge in [-0.2, -0.15) is 0 Å². The molecular weight excluding hydrogens is 352 g/mol. The first-order chi connectivity index (χ1) is 13.2. The Morgan fingerprint density at radius 1 is 0.963 bits per heavy atom. The highest BCUT2D eigenvalue weighted by Gasteiger charge is 2.37. The minimum absolute atomic E-state index is 0.0311. The van der Waals surface area contributed by atoms with Gasteiger partial charge in [-0.15, -0.1) is 0 Å². The van der Waals surface area contributed by atoms with Gasteiger partial charge in [-0.3, -0.25) is 9.98 Å². The molecule has 0 atom stereocenters. The highest BCUT2D eigenvalue weighted by atomic mass is 35.5. The van der Waals surface area contributed by atoms with Crippen LogP contribution in [0.2, 0.25) is 5.02 Å². The zero-order chi connectivity index (χ0) is 18.4. The second-order valence-electron chi connectivity index (χ2n) is 8.04. The molecule has 0 radical (unpaired) electrons. The number of nitrogens with zero attached hydrogens (tertiary/aromatic N) is 2. The molecule has 0 unspecified atom stereocenters. The maximum Gasteiger partial charge on any atom is 0.0747 e. The van der Waals surface area contributed by atoms with Crippen molar-refractivity contribution in [3.8, 4) is 0 Å². The predicted molar refractivity (Wildman–Crippen MR) is 113 cm³/mol. The molecule has 2 aliphatic rings. The lowest BCUT2D eigenvalue weighted by Crippen LogP contribution is -2.37. The molecule has 1 fully saturated rings. The zero-order valence-corrected chi connectivity index (χ0v) is 16.4. The number of rotatable bonds is 1. The van der Waals surface area contributed by atoms with E-state index in [2.05, 4.69) is 37.3 Å². The van der Waals surface area contributed by atoms with Crippen molar-refractivity contribution < 1.29 is 0 Å². The zero-order valence-electron chi connectivity index (χ0n) is 15.6. The number of pyridine rings is 1. The first kappa shape index (κ1) is 16.9. The minimum Gasteiger partial charge on any atom is -0.277 e. The van der Waals surface area contributed by atoms with E-state index < -0.39 is 0 Å². The molecule has 2 heterocycles. The van der Waals surface area contributed by atoms with E-state index in [-0.39, 0.29) is 5.54 Å². The number of hydrogen-bond acceptors (Lipinski definition) is 2. The molecule has 1 spiro atoms. The molecule has 1 aliphatic heterocycles. The van der Waals surface area contributed by atoms with Crippen molar-refractivity contribution in [2.24, 2.45) is 4.99 Å². The fraction of sp³-hybridized carbons (Fsp3) is 0.333. The van der Waals surface area contributed by atoms with E-state index in [1.807, 2.05) is 18.3 Å². The van der Waals surface area contributed by atoms with Crippen LogP contribution < -0.4 is 0 Å². The van der Waals surface area contributed by atoms with Crippen LogP contribution >= 0.6 is 11.6 Å². The van der Waals surface area contributed by atoms with Crippen molar-refractivity contribution >= 4 is 28.2 Å². The van der Waals surface area contributed by atoms with Gasteiger partial charge in [-0.1, -0.05) is 55.1 Å². The minimum atomic E-state index is 0.0311. The number of hydrogen-bond donors (Lipinski definition) is 0. The van der Waals surface area contributed by atoms with Gasteiger partial charge in [-0.25, -0.2) is 0 Å². The lowest BCUT2D eigenvalue weighted by molar-refractivity contribution is 0.294. The highest BCUT2D eigenvalue weighted by Crippen LogP contribution is 2.41. The van der Waals surface area contributed by atoms with E-state index >= 15 is 0 Å². The van der Waals surface area contributed by atoms with Crippen LogP contribution in [0, 0.1) is 6.92 Å². The number of aliphatic imine (C=N–C) groups is 1. The van der Waals surface area contributed by atoms with Gasteiger partial charge in [0.2, 0.25) is 0 Å². The molecule has 5 rings (SSSR count). The predicted octanol–water partition coefficient (Wildman–Crippen LogP) is 6.29. The van der Waals surface area contributed by atoms with Gasteiger partial charge in [0, 0.05) is 27.7 Å². The molecule has 3 heteroatoms. The van der Waals surface area contributed by atoms with E-state index in [1.54, 1.807) is 0 Å². The van der Waals surface area contributed by atoms with Crippen LogP contribution in [0.5, 0.6) is 0 Å². The van der Waals surface area contributed by atoms with Crippen LogP contribution in [0.15, 0.2) is 53.7 Å². The van der Waals surface area contributed by atoms with Crippen molar-refractivity contribution in [2.45, 2.75) is 51.0 Å². The molecule has 136 valence electrons. The Morgan fingerprint density at radius 3 is 2.63 bits per heavy atom. The monoisotopic (exact) mass is 374 g/mol. The molecule has 2 nitrogen and oxygen atoms in total. The third-order valence-electron chi connectivity index (χ3n) is 6.28. The molecule has 0 N–H and O–H groups in total. The average Bonchev–Trinajstić information content (AvgIpc) is 2.68. The number of aryl methyl sites for hydroxylation is 1. The second-order valence-corrected chi connectivity index (χ2v) is 8.47. The van der Waals surface area contributed by atoms with Crippen LogP contribution in [-0.2, 0) is 6.42 Å². The Balaban J connectivity index is 1.74. The molecule has 27 heavy (non-hydrogen) atoms. The Labute approximate surface area is 165 Å². The molecule has 0 amide bonds. The Kier molecular flexibility index (Phi) is 4.05. The lowest BCUT2D eigenvalue weighted by atomic mass is 9.74. The summed E-state index contributed by atoms with van der Waals surface area (Å²) in [6, 6.07) is 14.6. The third kappa shape index (κ3) is 2.87. The normalized spacial score (nSPS) is 18.4. The number of halogens is 1. The number of aromatic nitrogens is 1. The van der Waals surface area contributed by atoms with E-state index in [9.17, 15) is 0 Å². The quantitative estimate of drug-likeness (QED) is 0.491. The Morgan fingerprint density at radius 2 is 1.78 bits per heavy atom. The number of benzene rings is 2. The summed E-state index contributed by atoms with van der Waals surface area (Å²) in [5.41, 5.74) is 7.14. The fourth-order valence-electron chi connectivity index (χ4n) is 4.85. The smallest absolute Gasteiger partial charge is 0.0747 e. The molecule has 1 aliphatic carbocycles. The standard InChI is InChI=1S/C24H23ClN2/c1-16-19-7-3-4-8-22(19)26-15-21(16)23-20-10-9-18(25)13-17(20)14-24(27-23)11-5-2-6-12-24/h3-4,7-10,13,15H,2,5-6,11-12,14H2,1H3. The van der Waals surface area contributed by atoms with Crippen molar-refractivity contribution in [3.05, 3.63) is 75.9 Å². The molecule has 2 aromatic carbocycles. The van der Waals surface area contributed by atoms with Crippen molar-refractivity contribution in [3.63, 3.8) is 0 Å². The van der Waals surface area contributed by atoms with Gasteiger partial charge in [0.1, 0.15) is 0 Å². The fourth-order valence-corrected chi connectivity index (χ4v) is 5.05. The molecule has 3 aromatic rings. The Bertz CT molecular complexity index is 1060. The topological polar surface area (TPSA) is 25.2 Å². The van der Waals surface area contributed by atoms with E-state index in [4.69, 9.17) is 21.6 Å². The van der Waals surface area contributed by atoms with Gasteiger partial charge in [0.25, 0.3) is 0 Å². The average molecular weight is 375 g/mol. The summed E-state index contributed by atoms with van der Waals surface area (Å²) < 4.78 is 0. The number of para-hydroxylation sites is 1. The van der Waals surface area contributed by atoms with Crippen LogP contribution in [0.1, 0.15) is 54.4 Å². The van der Waals surface area contributed by atoms with Gasteiger partial charge in [0.15, 0.2) is 0 Å². The van der Waals surface area contributed by atoms with Crippen molar-refractivity contribution in [1.29, 1.82) is 0 Å². The van der Waals surface area contributed by atoms with Crippen LogP contribution in [0.25, 0.3) is 10.9 Å². The maximum absolute atomic E-state index is 6.35. The summed E-state index contributed by atoms with van der Waals surface area (Å²) in [6.45, 7) is 2.19. The number of fused-ring (bicyclic) bond motifs is 2. The molecule has 0 bridgehead atoms. The third-order valence-corrected chi connectivity index (χ3v) is 6.51. The summed E-state index contributed by atoms with van der Waals surface area (Å²) in [6.07, 6.45) is 9.21. The highest BCUT2D eigenvalue weighted by molar-refractivity contribution is 6.31. The largest absolute Gasteiger partial charge is 0.277 e. The van der Waals surface area contributed by atoms with E-state index in [1.165, 1.54) is 54.2 Å². The van der Waals surface area contributed by atoms with Gasteiger partial charge in [-0.05, 0) is 55.5 Å². The summed E-state index contributed by atoms with van der Waals surface area (Å²) in [7, 11) is 0. The molecule has 1 saturated carbocycles. The molecule has 0 saturated heterocycles. The van der Waals surface area contributed by atoms with Crippen LogP contribution in [-0.4, -0.2) is 16.2 Å². The van der Waals surface area contributed by atoms with Gasteiger partial charge in [0.05, 0.1) is 16.8 Å². The summed E-state index contributed by atoms with van der Waals surface area (Å²) >= 11 is 6.35. The maximum atomic E-state index is 6.35. The van der Waals surface area contributed by atoms with Crippen molar-refractivity contribution in [1.82, 2.24) is 4.98 Å². The lowest BCUT2D eigenvalue weighted by Gasteiger charge is -2.38. The van der Waals surface area contributed by atoms with Gasteiger partial charge >= 0.3 is 0 Å². The van der Waals surface area contributed by atoms with Crippen LogP contribution in [0.4, 0.5) is 0 Å². The molecular formula is C24H23ClN2. The SMILES string of the molecule is Cc1c(C2=NC3(CCCCC3)Cc3cc(Cl)ccc32)cnc2ccccc12. The first-order valence-corrected chi connectivity index (χ1v) is 10.3. The Hall–Kier alpha value is -2.19. The van der Waals surface area contributed by atoms with Crippen molar-refractivity contribution in [2.75, 3.05) is 0 Å².